The molecular formula is C17H27NO. The zero-order chi connectivity index (χ0) is 13.8. The van der Waals surface area contributed by atoms with Crippen molar-refractivity contribution < 1.29 is 5.11 Å². The third kappa shape index (κ3) is 3.80. The van der Waals surface area contributed by atoms with E-state index in [0.717, 1.165) is 12.1 Å². The van der Waals surface area contributed by atoms with E-state index in [1.54, 1.807) is 0 Å². The Bertz CT molecular complexity index is 383. The summed E-state index contributed by atoms with van der Waals surface area (Å²) in [6, 6.07) is 9.20. The van der Waals surface area contributed by atoms with Crippen molar-refractivity contribution in [3.8, 4) is 0 Å². The fourth-order valence-electron chi connectivity index (χ4n) is 2.69. The van der Waals surface area contributed by atoms with E-state index >= 15 is 0 Å². The first-order valence-corrected chi connectivity index (χ1v) is 7.64. The summed E-state index contributed by atoms with van der Waals surface area (Å²) in [5, 5.41) is 10.6. The smallest absolute Gasteiger partial charge is 0.0942 e. The minimum atomic E-state index is -0.377. The lowest BCUT2D eigenvalue weighted by molar-refractivity contribution is 0.0520. The Hall–Kier alpha value is -0.860. The van der Waals surface area contributed by atoms with E-state index in [0.29, 0.717) is 6.04 Å². The largest absolute Gasteiger partial charge is 0.387 e. The average Bonchev–Trinajstić information content (AvgIpc) is 3.23. The summed E-state index contributed by atoms with van der Waals surface area (Å²) in [5.74, 6) is 0. The van der Waals surface area contributed by atoms with Gasteiger partial charge in [0.1, 0.15) is 0 Å². The molecule has 0 aromatic heterocycles. The molecule has 2 unspecified atom stereocenters. The van der Waals surface area contributed by atoms with Gasteiger partial charge in [0.25, 0.3) is 0 Å². The maximum atomic E-state index is 10.6. The summed E-state index contributed by atoms with van der Waals surface area (Å²) < 4.78 is 0. The Balaban J connectivity index is 2.03. The fourth-order valence-corrected chi connectivity index (χ4v) is 2.69. The molecule has 2 heteroatoms. The Morgan fingerprint density at radius 1 is 1.26 bits per heavy atom. The van der Waals surface area contributed by atoms with Crippen LogP contribution >= 0.6 is 0 Å². The van der Waals surface area contributed by atoms with Crippen LogP contribution in [0.2, 0.25) is 0 Å². The Labute approximate surface area is 117 Å². The summed E-state index contributed by atoms with van der Waals surface area (Å²) in [5.41, 5.74) is 2.29. The molecule has 1 aliphatic rings. The number of unbranched alkanes of at least 4 members (excludes halogenated alkanes) is 1. The average molecular weight is 261 g/mol. The second-order valence-corrected chi connectivity index (χ2v) is 5.92. The molecule has 0 radical (unpaired) electrons. The second-order valence-electron chi connectivity index (χ2n) is 5.92. The van der Waals surface area contributed by atoms with Crippen LogP contribution in [0, 0.1) is 6.92 Å². The van der Waals surface area contributed by atoms with Crippen LogP contribution in [-0.4, -0.2) is 28.6 Å². The number of hydrogen-bond donors (Lipinski definition) is 1. The van der Waals surface area contributed by atoms with E-state index < -0.39 is 0 Å². The van der Waals surface area contributed by atoms with Gasteiger partial charge in [0.2, 0.25) is 0 Å². The minimum Gasteiger partial charge on any atom is -0.387 e. The molecule has 0 bridgehead atoms. The highest BCUT2D eigenvalue weighted by atomic mass is 16.3. The molecule has 0 aliphatic heterocycles. The van der Waals surface area contributed by atoms with Gasteiger partial charge in [0.15, 0.2) is 0 Å². The Morgan fingerprint density at radius 2 is 1.89 bits per heavy atom. The standard InChI is InChI=1S/C17H27NO/c1-4-5-12-18(16-10-11-16)14(3)17(19)15-8-6-13(2)7-9-15/h6-9,14,16-17,19H,4-5,10-12H2,1-3H3. The summed E-state index contributed by atoms with van der Waals surface area (Å²) in [7, 11) is 0. The van der Waals surface area contributed by atoms with Gasteiger partial charge >= 0.3 is 0 Å². The van der Waals surface area contributed by atoms with Crippen LogP contribution in [-0.2, 0) is 0 Å². The van der Waals surface area contributed by atoms with E-state index in [9.17, 15) is 5.11 Å². The van der Waals surface area contributed by atoms with Crippen LogP contribution in [0.5, 0.6) is 0 Å². The van der Waals surface area contributed by atoms with Gasteiger partial charge in [-0.1, -0.05) is 43.2 Å². The van der Waals surface area contributed by atoms with E-state index in [1.165, 1.54) is 31.2 Å². The summed E-state index contributed by atoms with van der Waals surface area (Å²) in [4.78, 5) is 2.51. The number of benzene rings is 1. The maximum absolute atomic E-state index is 10.6. The highest BCUT2D eigenvalue weighted by molar-refractivity contribution is 5.24. The Morgan fingerprint density at radius 3 is 2.42 bits per heavy atom. The van der Waals surface area contributed by atoms with Crippen LogP contribution in [0.15, 0.2) is 24.3 Å². The molecule has 0 spiro atoms. The van der Waals surface area contributed by atoms with Gasteiger partial charge in [-0.3, -0.25) is 4.90 Å². The number of aryl methyl sites for hydroxylation is 1. The monoisotopic (exact) mass is 261 g/mol. The van der Waals surface area contributed by atoms with Crippen LogP contribution < -0.4 is 0 Å². The molecule has 0 amide bonds. The van der Waals surface area contributed by atoms with Gasteiger partial charge in [0, 0.05) is 12.1 Å². The molecule has 19 heavy (non-hydrogen) atoms. The van der Waals surface area contributed by atoms with Crippen LogP contribution in [0.25, 0.3) is 0 Å². The van der Waals surface area contributed by atoms with Crippen molar-refractivity contribution in [2.75, 3.05) is 6.54 Å². The first-order chi connectivity index (χ1) is 9.13. The summed E-state index contributed by atoms with van der Waals surface area (Å²) in [6.45, 7) is 7.59. The van der Waals surface area contributed by atoms with E-state index in [4.69, 9.17) is 0 Å². The lowest BCUT2D eigenvalue weighted by Gasteiger charge is -2.32. The molecule has 2 rings (SSSR count). The van der Waals surface area contributed by atoms with Crippen molar-refractivity contribution in [2.45, 2.75) is 64.6 Å². The highest BCUT2D eigenvalue weighted by Gasteiger charge is 2.34. The van der Waals surface area contributed by atoms with Crippen LogP contribution in [0.3, 0.4) is 0 Å². The van der Waals surface area contributed by atoms with Gasteiger partial charge < -0.3 is 5.11 Å². The molecule has 106 valence electrons. The van der Waals surface area contributed by atoms with E-state index in [-0.39, 0.29) is 12.1 Å². The number of hydrogen-bond acceptors (Lipinski definition) is 2. The molecule has 0 heterocycles. The van der Waals surface area contributed by atoms with E-state index in [1.807, 2.05) is 0 Å². The second kappa shape index (κ2) is 6.53. The Kier molecular flexibility index (Phi) is 5.00. The maximum Gasteiger partial charge on any atom is 0.0942 e. The molecule has 1 aliphatic carbocycles. The SMILES string of the molecule is CCCCN(C1CC1)C(C)C(O)c1ccc(C)cc1. The zero-order valence-electron chi connectivity index (χ0n) is 12.5. The highest BCUT2D eigenvalue weighted by Crippen LogP contribution is 2.32. The summed E-state index contributed by atoms with van der Waals surface area (Å²) >= 11 is 0. The molecule has 1 aromatic rings. The summed E-state index contributed by atoms with van der Waals surface area (Å²) in [6.07, 6.45) is 4.67. The quantitative estimate of drug-likeness (QED) is 0.809. The lowest BCUT2D eigenvalue weighted by Crippen LogP contribution is -2.39. The van der Waals surface area contributed by atoms with Crippen molar-refractivity contribution in [1.29, 1.82) is 0 Å². The minimum absolute atomic E-state index is 0.210. The zero-order valence-corrected chi connectivity index (χ0v) is 12.5. The van der Waals surface area contributed by atoms with Crippen molar-refractivity contribution in [3.05, 3.63) is 35.4 Å². The van der Waals surface area contributed by atoms with Gasteiger partial charge in [0.05, 0.1) is 6.10 Å². The molecule has 1 aromatic carbocycles. The normalized spacial score (nSPS) is 18.6. The van der Waals surface area contributed by atoms with Crippen molar-refractivity contribution in [3.63, 3.8) is 0 Å². The number of aliphatic hydroxyl groups is 1. The van der Waals surface area contributed by atoms with Crippen molar-refractivity contribution in [1.82, 2.24) is 4.90 Å². The molecular weight excluding hydrogens is 234 g/mol. The van der Waals surface area contributed by atoms with Crippen molar-refractivity contribution in [2.24, 2.45) is 0 Å². The molecule has 1 saturated carbocycles. The van der Waals surface area contributed by atoms with Gasteiger partial charge in [-0.05, 0) is 45.2 Å². The molecule has 0 saturated heterocycles. The van der Waals surface area contributed by atoms with E-state index in [2.05, 4.69) is 49.9 Å². The third-order valence-electron chi connectivity index (χ3n) is 4.18. The van der Waals surface area contributed by atoms with Gasteiger partial charge in [-0.15, -0.1) is 0 Å². The molecule has 2 atom stereocenters. The molecule has 1 fully saturated rings. The van der Waals surface area contributed by atoms with Crippen molar-refractivity contribution >= 4 is 0 Å². The van der Waals surface area contributed by atoms with Crippen LogP contribution in [0.4, 0.5) is 0 Å². The topological polar surface area (TPSA) is 23.5 Å². The van der Waals surface area contributed by atoms with Gasteiger partial charge in [-0.25, -0.2) is 0 Å². The predicted octanol–water partition coefficient (Wildman–Crippen LogP) is 3.68. The first-order valence-electron chi connectivity index (χ1n) is 7.64. The van der Waals surface area contributed by atoms with Gasteiger partial charge in [-0.2, -0.15) is 0 Å². The third-order valence-corrected chi connectivity index (χ3v) is 4.18. The molecule has 2 nitrogen and oxygen atoms in total. The number of aliphatic hydroxyl groups excluding tert-OH is 1. The lowest BCUT2D eigenvalue weighted by atomic mass is 10.0. The fraction of sp³-hybridized carbons (Fsp3) is 0.647. The number of nitrogens with zero attached hydrogens (tertiary/aromatic N) is 1. The predicted molar refractivity (Wildman–Crippen MR) is 80.2 cm³/mol. The molecule has 1 N–H and O–H groups in total. The first kappa shape index (κ1) is 14.5. The van der Waals surface area contributed by atoms with Crippen LogP contribution in [0.1, 0.15) is 56.8 Å². The number of rotatable bonds is 7.